The van der Waals surface area contributed by atoms with Gasteiger partial charge in [-0.15, -0.1) is 0 Å². The molecule has 3 rings (SSSR count). The number of hydrogen-bond donors (Lipinski definition) is 0. The van der Waals surface area contributed by atoms with Crippen LogP contribution in [-0.2, 0) is 17.7 Å². The fourth-order valence-corrected chi connectivity index (χ4v) is 2.43. The molecule has 0 unspecified atom stereocenters. The van der Waals surface area contributed by atoms with Crippen LogP contribution < -0.4 is 0 Å². The van der Waals surface area contributed by atoms with Gasteiger partial charge in [0.15, 0.2) is 5.82 Å². The number of ether oxygens (including phenoxy) is 1. The Hall–Kier alpha value is -1.72. The van der Waals surface area contributed by atoms with Crippen molar-refractivity contribution < 1.29 is 9.26 Å². The standard InChI is InChI=1S/C15H19N3O2/c1-12-10-18(7-8-19-12)11-15-16-14(17-20-15)9-13-5-3-2-4-6-13/h2-6,12H,7-11H2,1H3/t12-/m0/s1. The van der Waals surface area contributed by atoms with Gasteiger partial charge in [-0.3, -0.25) is 4.90 Å². The Balaban J connectivity index is 1.59. The Morgan fingerprint density at radius 3 is 2.95 bits per heavy atom. The molecule has 0 spiro atoms. The van der Waals surface area contributed by atoms with E-state index in [2.05, 4.69) is 34.1 Å². The molecule has 5 nitrogen and oxygen atoms in total. The average molecular weight is 273 g/mol. The van der Waals surface area contributed by atoms with Crippen LogP contribution in [0.3, 0.4) is 0 Å². The Morgan fingerprint density at radius 2 is 2.15 bits per heavy atom. The summed E-state index contributed by atoms with van der Waals surface area (Å²) in [6.45, 7) is 5.39. The Bertz CT molecular complexity index is 541. The maximum atomic E-state index is 5.52. The molecular weight excluding hydrogens is 254 g/mol. The van der Waals surface area contributed by atoms with Crippen LogP contribution >= 0.6 is 0 Å². The molecule has 1 atom stereocenters. The first-order chi connectivity index (χ1) is 9.79. The monoisotopic (exact) mass is 273 g/mol. The highest BCUT2D eigenvalue weighted by molar-refractivity contribution is 5.18. The van der Waals surface area contributed by atoms with Crippen LogP contribution in [0.1, 0.15) is 24.2 Å². The first-order valence-electron chi connectivity index (χ1n) is 6.99. The summed E-state index contributed by atoms with van der Waals surface area (Å²) in [7, 11) is 0. The third-order valence-corrected chi connectivity index (χ3v) is 3.40. The lowest BCUT2D eigenvalue weighted by Crippen LogP contribution is -2.40. The van der Waals surface area contributed by atoms with E-state index < -0.39 is 0 Å². The van der Waals surface area contributed by atoms with Crippen LogP contribution in [0.5, 0.6) is 0 Å². The van der Waals surface area contributed by atoms with E-state index in [1.807, 2.05) is 18.2 Å². The summed E-state index contributed by atoms with van der Waals surface area (Å²) in [6, 6.07) is 10.2. The molecule has 0 saturated carbocycles. The maximum Gasteiger partial charge on any atom is 0.240 e. The number of aromatic nitrogens is 2. The molecule has 2 aromatic rings. The fourth-order valence-electron chi connectivity index (χ4n) is 2.43. The van der Waals surface area contributed by atoms with Crippen molar-refractivity contribution in [3.63, 3.8) is 0 Å². The first-order valence-corrected chi connectivity index (χ1v) is 6.99. The van der Waals surface area contributed by atoms with Gasteiger partial charge in [0.1, 0.15) is 0 Å². The molecule has 0 N–H and O–H groups in total. The number of hydrogen-bond acceptors (Lipinski definition) is 5. The zero-order chi connectivity index (χ0) is 13.8. The Labute approximate surface area is 118 Å². The number of morpholine rings is 1. The second-order valence-electron chi connectivity index (χ2n) is 5.18. The molecule has 1 fully saturated rings. The van der Waals surface area contributed by atoms with Crippen molar-refractivity contribution in [2.45, 2.75) is 26.0 Å². The Kier molecular flexibility index (Phi) is 4.08. The summed E-state index contributed by atoms with van der Waals surface area (Å²) in [5.41, 5.74) is 1.19. The molecule has 2 heterocycles. The van der Waals surface area contributed by atoms with Crippen LogP contribution in [0.4, 0.5) is 0 Å². The van der Waals surface area contributed by atoms with Gasteiger partial charge >= 0.3 is 0 Å². The first kappa shape index (κ1) is 13.3. The van der Waals surface area contributed by atoms with Crippen molar-refractivity contribution in [2.75, 3.05) is 19.7 Å². The van der Waals surface area contributed by atoms with Gasteiger partial charge in [0, 0.05) is 19.5 Å². The van der Waals surface area contributed by atoms with Crippen LogP contribution in [0.15, 0.2) is 34.9 Å². The van der Waals surface area contributed by atoms with E-state index >= 15 is 0 Å². The van der Waals surface area contributed by atoms with Crippen LogP contribution in [0.25, 0.3) is 0 Å². The summed E-state index contributed by atoms with van der Waals surface area (Å²) < 4.78 is 10.9. The predicted octanol–water partition coefficient (Wildman–Crippen LogP) is 1.88. The summed E-state index contributed by atoms with van der Waals surface area (Å²) >= 11 is 0. The minimum Gasteiger partial charge on any atom is -0.376 e. The second-order valence-corrected chi connectivity index (χ2v) is 5.18. The van der Waals surface area contributed by atoms with E-state index in [1.165, 1.54) is 5.56 Å². The number of nitrogens with zero attached hydrogens (tertiary/aromatic N) is 3. The van der Waals surface area contributed by atoms with Crippen molar-refractivity contribution in [3.05, 3.63) is 47.6 Å². The SMILES string of the molecule is C[C@H]1CN(Cc2nc(Cc3ccccc3)no2)CCO1. The van der Waals surface area contributed by atoms with Crippen LogP contribution in [0, 0.1) is 0 Å². The number of rotatable bonds is 4. The molecule has 1 aromatic heterocycles. The average Bonchev–Trinajstić information content (AvgIpc) is 2.87. The van der Waals surface area contributed by atoms with Gasteiger partial charge < -0.3 is 9.26 Å². The molecule has 0 aliphatic carbocycles. The lowest BCUT2D eigenvalue weighted by Gasteiger charge is -2.29. The largest absolute Gasteiger partial charge is 0.376 e. The fraction of sp³-hybridized carbons (Fsp3) is 0.467. The third-order valence-electron chi connectivity index (χ3n) is 3.40. The topological polar surface area (TPSA) is 51.4 Å². The van der Waals surface area contributed by atoms with Crippen molar-refractivity contribution in [1.82, 2.24) is 15.0 Å². The van der Waals surface area contributed by atoms with E-state index in [0.29, 0.717) is 18.9 Å². The predicted molar refractivity (Wildman–Crippen MR) is 74.2 cm³/mol. The minimum atomic E-state index is 0.274. The minimum absolute atomic E-state index is 0.274. The van der Waals surface area contributed by atoms with Crippen molar-refractivity contribution in [2.24, 2.45) is 0 Å². The molecular formula is C15H19N3O2. The van der Waals surface area contributed by atoms with E-state index in [0.717, 1.165) is 25.5 Å². The van der Waals surface area contributed by atoms with Gasteiger partial charge in [0.25, 0.3) is 0 Å². The highest BCUT2D eigenvalue weighted by Crippen LogP contribution is 2.11. The van der Waals surface area contributed by atoms with Gasteiger partial charge in [-0.1, -0.05) is 35.5 Å². The van der Waals surface area contributed by atoms with E-state index in [-0.39, 0.29) is 6.10 Å². The van der Waals surface area contributed by atoms with Crippen molar-refractivity contribution in [3.8, 4) is 0 Å². The maximum absolute atomic E-state index is 5.52. The van der Waals surface area contributed by atoms with Crippen molar-refractivity contribution in [1.29, 1.82) is 0 Å². The van der Waals surface area contributed by atoms with E-state index in [4.69, 9.17) is 9.26 Å². The molecule has 1 aromatic carbocycles. The molecule has 0 amide bonds. The lowest BCUT2D eigenvalue weighted by molar-refractivity contribution is -0.0240. The summed E-state index contributed by atoms with van der Waals surface area (Å²) in [5, 5.41) is 4.05. The van der Waals surface area contributed by atoms with Crippen LogP contribution in [0.2, 0.25) is 0 Å². The molecule has 1 aliphatic heterocycles. The molecule has 20 heavy (non-hydrogen) atoms. The quantitative estimate of drug-likeness (QED) is 0.851. The third kappa shape index (κ3) is 3.43. The molecule has 0 radical (unpaired) electrons. The molecule has 1 saturated heterocycles. The zero-order valence-electron chi connectivity index (χ0n) is 11.7. The summed E-state index contributed by atoms with van der Waals surface area (Å²) in [5.74, 6) is 1.43. The smallest absolute Gasteiger partial charge is 0.240 e. The van der Waals surface area contributed by atoms with Gasteiger partial charge in [-0.2, -0.15) is 4.98 Å². The van der Waals surface area contributed by atoms with Gasteiger partial charge in [-0.25, -0.2) is 0 Å². The van der Waals surface area contributed by atoms with Gasteiger partial charge in [-0.05, 0) is 12.5 Å². The van der Waals surface area contributed by atoms with Crippen molar-refractivity contribution >= 4 is 0 Å². The Morgan fingerprint density at radius 1 is 1.30 bits per heavy atom. The van der Waals surface area contributed by atoms with E-state index in [1.54, 1.807) is 0 Å². The normalized spacial score (nSPS) is 20.1. The van der Waals surface area contributed by atoms with Gasteiger partial charge in [0.2, 0.25) is 5.89 Å². The molecule has 1 aliphatic rings. The second kappa shape index (κ2) is 6.15. The van der Waals surface area contributed by atoms with E-state index in [9.17, 15) is 0 Å². The van der Waals surface area contributed by atoms with Crippen LogP contribution in [-0.4, -0.2) is 40.8 Å². The highest BCUT2D eigenvalue weighted by atomic mass is 16.5. The molecule has 106 valence electrons. The summed E-state index contributed by atoms with van der Waals surface area (Å²) in [6.07, 6.45) is 0.986. The zero-order valence-corrected chi connectivity index (χ0v) is 11.7. The molecule has 0 bridgehead atoms. The molecule has 5 heteroatoms. The summed E-state index contributed by atoms with van der Waals surface area (Å²) in [4.78, 5) is 6.75. The number of benzene rings is 1. The lowest BCUT2D eigenvalue weighted by atomic mass is 10.1. The highest BCUT2D eigenvalue weighted by Gasteiger charge is 2.19. The van der Waals surface area contributed by atoms with Gasteiger partial charge in [0.05, 0.1) is 19.3 Å².